The molecular formula is C12H13F3O5S. The number of benzene rings is 1. The van der Waals surface area contributed by atoms with Gasteiger partial charge in [-0.1, -0.05) is 0 Å². The molecule has 1 aromatic carbocycles. The maximum atomic E-state index is 12.1. The van der Waals surface area contributed by atoms with Crippen LogP contribution in [-0.4, -0.2) is 44.8 Å². The van der Waals surface area contributed by atoms with Crippen molar-refractivity contribution in [1.82, 2.24) is 0 Å². The Bertz CT molecular complexity index is 612. The van der Waals surface area contributed by atoms with Crippen LogP contribution in [0.4, 0.5) is 13.2 Å². The molecule has 5 nitrogen and oxygen atoms in total. The van der Waals surface area contributed by atoms with Gasteiger partial charge in [0.2, 0.25) is 0 Å². The van der Waals surface area contributed by atoms with E-state index in [0.717, 1.165) is 0 Å². The van der Waals surface area contributed by atoms with Crippen molar-refractivity contribution in [2.24, 2.45) is 0 Å². The smallest absolute Gasteiger partial charge is 0.391 e. The second-order valence-electron chi connectivity index (χ2n) is 4.56. The van der Waals surface area contributed by atoms with Crippen LogP contribution in [0, 0.1) is 0 Å². The third-order valence-electron chi connectivity index (χ3n) is 2.75. The first-order valence-electron chi connectivity index (χ1n) is 6.04. The second kappa shape index (κ2) is 5.72. The number of hydrogen-bond acceptors (Lipinski definition) is 5. The van der Waals surface area contributed by atoms with Crippen LogP contribution in [0.3, 0.4) is 0 Å². The molecule has 21 heavy (non-hydrogen) atoms. The molecule has 0 aromatic heterocycles. The number of ether oxygens (including phenoxy) is 2. The zero-order valence-electron chi connectivity index (χ0n) is 10.8. The van der Waals surface area contributed by atoms with Gasteiger partial charge >= 0.3 is 6.18 Å². The zero-order valence-corrected chi connectivity index (χ0v) is 11.6. The molecule has 1 atom stereocenters. The Hall–Kier alpha value is -1.48. The molecule has 0 bridgehead atoms. The lowest BCUT2D eigenvalue weighted by atomic mass is 10.3. The summed E-state index contributed by atoms with van der Waals surface area (Å²) in [7, 11) is -4.05. The van der Waals surface area contributed by atoms with E-state index < -0.39 is 34.3 Å². The van der Waals surface area contributed by atoms with E-state index in [9.17, 15) is 26.7 Å². The van der Waals surface area contributed by atoms with Crippen LogP contribution in [0.2, 0.25) is 0 Å². The number of aliphatic hydroxyl groups excluding tert-OH is 1. The van der Waals surface area contributed by atoms with Crippen molar-refractivity contribution in [3.05, 3.63) is 18.2 Å². The Balaban J connectivity index is 2.16. The quantitative estimate of drug-likeness (QED) is 0.909. The van der Waals surface area contributed by atoms with Gasteiger partial charge in [0.25, 0.3) is 0 Å². The van der Waals surface area contributed by atoms with E-state index in [0.29, 0.717) is 12.4 Å². The SMILES string of the molecule is O=S(=O)(C[C@@H](O)CC(F)(F)F)c1ccc2c(c1)OCCO2. The summed E-state index contributed by atoms with van der Waals surface area (Å²) in [6.45, 7) is 0.594. The topological polar surface area (TPSA) is 72.8 Å². The molecule has 1 aromatic rings. The minimum Gasteiger partial charge on any atom is -0.486 e. The number of halogens is 3. The van der Waals surface area contributed by atoms with Crippen molar-refractivity contribution in [3.63, 3.8) is 0 Å². The summed E-state index contributed by atoms with van der Waals surface area (Å²) in [5.41, 5.74) is 0. The minimum atomic E-state index is -4.62. The summed E-state index contributed by atoms with van der Waals surface area (Å²) in [5, 5.41) is 9.27. The first-order valence-corrected chi connectivity index (χ1v) is 7.70. The average Bonchev–Trinajstić information content (AvgIpc) is 2.35. The molecule has 0 fully saturated rings. The third-order valence-corrected chi connectivity index (χ3v) is 4.55. The number of aliphatic hydroxyl groups is 1. The highest BCUT2D eigenvalue weighted by Gasteiger charge is 2.33. The highest BCUT2D eigenvalue weighted by Crippen LogP contribution is 2.33. The van der Waals surface area contributed by atoms with Gasteiger partial charge in [0.05, 0.1) is 23.2 Å². The Morgan fingerprint density at radius 3 is 2.43 bits per heavy atom. The van der Waals surface area contributed by atoms with Crippen molar-refractivity contribution in [3.8, 4) is 11.5 Å². The van der Waals surface area contributed by atoms with Gasteiger partial charge in [0.1, 0.15) is 13.2 Å². The van der Waals surface area contributed by atoms with Crippen LogP contribution in [0.1, 0.15) is 6.42 Å². The molecule has 0 amide bonds. The number of fused-ring (bicyclic) bond motifs is 1. The van der Waals surface area contributed by atoms with Crippen LogP contribution < -0.4 is 9.47 Å². The van der Waals surface area contributed by atoms with Gasteiger partial charge in [-0.15, -0.1) is 0 Å². The van der Waals surface area contributed by atoms with E-state index >= 15 is 0 Å². The normalized spacial score (nSPS) is 16.6. The molecule has 2 rings (SSSR count). The fourth-order valence-electron chi connectivity index (χ4n) is 1.89. The predicted molar refractivity (Wildman–Crippen MR) is 66.2 cm³/mol. The molecule has 1 aliphatic rings. The Morgan fingerprint density at radius 2 is 1.81 bits per heavy atom. The van der Waals surface area contributed by atoms with Gasteiger partial charge in [-0.05, 0) is 12.1 Å². The molecule has 9 heteroatoms. The fourth-order valence-corrected chi connectivity index (χ4v) is 3.27. The van der Waals surface area contributed by atoms with Crippen LogP contribution in [0.15, 0.2) is 23.1 Å². The van der Waals surface area contributed by atoms with Crippen LogP contribution >= 0.6 is 0 Å². The maximum Gasteiger partial charge on any atom is 0.391 e. The summed E-state index contributed by atoms with van der Waals surface area (Å²) in [6, 6.07) is 3.77. The molecule has 0 saturated carbocycles. The van der Waals surface area contributed by atoms with Gasteiger partial charge in [-0.3, -0.25) is 0 Å². The molecule has 0 radical (unpaired) electrons. The number of sulfone groups is 1. The Morgan fingerprint density at radius 1 is 1.19 bits per heavy atom. The molecule has 1 aliphatic heterocycles. The van der Waals surface area contributed by atoms with Gasteiger partial charge in [-0.2, -0.15) is 13.2 Å². The number of rotatable bonds is 4. The lowest BCUT2D eigenvalue weighted by Crippen LogP contribution is -2.27. The Kier molecular flexibility index (Phi) is 4.33. The van der Waals surface area contributed by atoms with E-state index in [1.165, 1.54) is 18.2 Å². The minimum absolute atomic E-state index is 0.215. The second-order valence-corrected chi connectivity index (χ2v) is 6.59. The molecule has 0 unspecified atom stereocenters. The van der Waals surface area contributed by atoms with Gasteiger partial charge < -0.3 is 14.6 Å². The molecule has 0 aliphatic carbocycles. The van der Waals surface area contributed by atoms with Gasteiger partial charge in [0, 0.05) is 6.07 Å². The fraction of sp³-hybridized carbons (Fsp3) is 0.500. The van der Waals surface area contributed by atoms with Crippen molar-refractivity contribution in [2.75, 3.05) is 19.0 Å². The van der Waals surface area contributed by atoms with E-state index in [1.54, 1.807) is 0 Å². The van der Waals surface area contributed by atoms with E-state index in [4.69, 9.17) is 9.47 Å². The largest absolute Gasteiger partial charge is 0.486 e. The van der Waals surface area contributed by atoms with Gasteiger partial charge in [-0.25, -0.2) is 8.42 Å². The number of hydrogen-bond donors (Lipinski definition) is 1. The van der Waals surface area contributed by atoms with E-state index in [2.05, 4.69) is 0 Å². The lowest BCUT2D eigenvalue weighted by molar-refractivity contribution is -0.150. The summed E-state index contributed by atoms with van der Waals surface area (Å²) in [4.78, 5) is -0.215. The lowest BCUT2D eigenvalue weighted by Gasteiger charge is -2.19. The standard InChI is InChI=1S/C12H13F3O5S/c13-12(14,15)6-8(16)7-21(17,18)9-1-2-10-11(5-9)20-4-3-19-10/h1-2,5,8,16H,3-4,6-7H2/t8-/m0/s1. The molecule has 0 saturated heterocycles. The number of alkyl halides is 3. The van der Waals surface area contributed by atoms with Crippen LogP contribution in [0.25, 0.3) is 0 Å². The van der Waals surface area contributed by atoms with Crippen molar-refractivity contribution >= 4 is 9.84 Å². The summed E-state index contributed by atoms with van der Waals surface area (Å²) in [6.07, 6.45) is -8.21. The van der Waals surface area contributed by atoms with Crippen molar-refractivity contribution < 1.29 is 36.2 Å². The van der Waals surface area contributed by atoms with Gasteiger partial charge in [0.15, 0.2) is 21.3 Å². The summed E-state index contributed by atoms with van der Waals surface area (Å²) < 4.78 is 70.8. The molecule has 0 spiro atoms. The predicted octanol–water partition coefficient (Wildman–Crippen LogP) is 1.54. The first-order chi connectivity index (χ1) is 9.67. The summed E-state index contributed by atoms with van der Waals surface area (Å²) in [5.74, 6) is -0.421. The molecule has 1 N–H and O–H groups in total. The first kappa shape index (κ1) is 15.9. The monoisotopic (exact) mass is 326 g/mol. The highest BCUT2D eigenvalue weighted by atomic mass is 32.2. The highest BCUT2D eigenvalue weighted by molar-refractivity contribution is 7.91. The maximum absolute atomic E-state index is 12.1. The van der Waals surface area contributed by atoms with E-state index in [1.807, 2.05) is 0 Å². The van der Waals surface area contributed by atoms with E-state index in [-0.39, 0.29) is 17.3 Å². The summed E-state index contributed by atoms with van der Waals surface area (Å²) >= 11 is 0. The third kappa shape index (κ3) is 4.24. The zero-order chi connectivity index (χ0) is 15.7. The molecular weight excluding hydrogens is 313 g/mol. The van der Waals surface area contributed by atoms with Crippen molar-refractivity contribution in [1.29, 1.82) is 0 Å². The average molecular weight is 326 g/mol. The Labute approximate surface area is 119 Å². The molecule has 1 heterocycles. The van der Waals surface area contributed by atoms with Crippen molar-refractivity contribution in [2.45, 2.75) is 23.6 Å². The van der Waals surface area contributed by atoms with Crippen LogP contribution in [0.5, 0.6) is 11.5 Å². The molecule has 118 valence electrons. The van der Waals surface area contributed by atoms with Crippen LogP contribution in [-0.2, 0) is 9.84 Å².